The lowest BCUT2D eigenvalue weighted by Crippen LogP contribution is -2.15. The molecular weight excluding hydrogens is 489 g/mol. The number of anilines is 2. The molecule has 0 saturated heterocycles. The SMILES string of the molecule is CCc1c(NS(=O)(=O)c2cc(Cl)cc(CO)c2Cl)cccc1-c1csc2ccnc(N)c12. The van der Waals surface area contributed by atoms with Crippen molar-refractivity contribution >= 4 is 66.2 Å². The summed E-state index contributed by atoms with van der Waals surface area (Å²) in [4.78, 5) is 4.01. The van der Waals surface area contributed by atoms with Crippen molar-refractivity contribution in [2.45, 2.75) is 24.8 Å². The summed E-state index contributed by atoms with van der Waals surface area (Å²) in [5.74, 6) is 0.425. The van der Waals surface area contributed by atoms with E-state index in [0.29, 0.717) is 17.9 Å². The molecule has 2 heterocycles. The Bertz CT molecular complexity index is 1440. The number of thiophene rings is 1. The molecule has 0 radical (unpaired) electrons. The largest absolute Gasteiger partial charge is 0.392 e. The number of nitrogens with zero attached hydrogens (tertiary/aromatic N) is 1. The van der Waals surface area contributed by atoms with Crippen molar-refractivity contribution in [2.24, 2.45) is 0 Å². The van der Waals surface area contributed by atoms with Crippen LogP contribution in [-0.2, 0) is 23.1 Å². The third-order valence-electron chi connectivity index (χ3n) is 5.12. The van der Waals surface area contributed by atoms with Crippen molar-refractivity contribution in [2.75, 3.05) is 10.5 Å². The number of rotatable bonds is 6. The second kappa shape index (κ2) is 8.88. The van der Waals surface area contributed by atoms with Crippen molar-refractivity contribution in [3.8, 4) is 11.1 Å². The summed E-state index contributed by atoms with van der Waals surface area (Å²) >= 11 is 13.8. The fourth-order valence-corrected chi connectivity index (χ4v) is 6.63. The summed E-state index contributed by atoms with van der Waals surface area (Å²) in [6, 6.07) is 10.0. The highest BCUT2D eigenvalue weighted by atomic mass is 35.5. The number of fused-ring (bicyclic) bond motifs is 1. The molecule has 2 aromatic carbocycles. The molecule has 32 heavy (non-hydrogen) atoms. The number of nitrogen functional groups attached to an aromatic ring is 1. The second-order valence-corrected chi connectivity index (χ2v) is 10.4. The first-order valence-electron chi connectivity index (χ1n) is 9.62. The molecule has 0 spiro atoms. The van der Waals surface area contributed by atoms with Crippen molar-refractivity contribution in [1.82, 2.24) is 4.98 Å². The molecule has 0 unspecified atom stereocenters. The fraction of sp³-hybridized carbons (Fsp3) is 0.136. The monoisotopic (exact) mass is 507 g/mol. The van der Waals surface area contributed by atoms with Crippen LogP contribution in [0.1, 0.15) is 18.1 Å². The van der Waals surface area contributed by atoms with Crippen LogP contribution >= 0.6 is 34.5 Å². The maximum Gasteiger partial charge on any atom is 0.263 e. The number of halogens is 2. The van der Waals surface area contributed by atoms with E-state index in [4.69, 9.17) is 28.9 Å². The zero-order valence-corrected chi connectivity index (χ0v) is 20.0. The predicted octanol–water partition coefficient (Wildman–Crippen LogP) is 5.71. The standard InChI is InChI=1S/C22H19Cl2N3O3S2/c1-2-14-15(16-11-31-18-6-7-26-22(25)20(16)18)4-3-5-17(14)27-32(29,30)19-9-13(23)8-12(10-28)21(19)24/h3-9,11,27-28H,2,10H2,1H3,(H2,25,26). The summed E-state index contributed by atoms with van der Waals surface area (Å²) in [5, 5.41) is 12.4. The number of hydrogen-bond acceptors (Lipinski definition) is 6. The molecule has 0 saturated carbocycles. The molecule has 166 valence electrons. The average molecular weight is 508 g/mol. The van der Waals surface area contributed by atoms with E-state index in [9.17, 15) is 13.5 Å². The predicted molar refractivity (Wildman–Crippen MR) is 132 cm³/mol. The number of benzene rings is 2. The van der Waals surface area contributed by atoms with Gasteiger partial charge in [-0.3, -0.25) is 4.72 Å². The van der Waals surface area contributed by atoms with Crippen molar-refractivity contribution in [3.05, 3.63) is 69.1 Å². The van der Waals surface area contributed by atoms with Crippen molar-refractivity contribution in [1.29, 1.82) is 0 Å². The lowest BCUT2D eigenvalue weighted by molar-refractivity contribution is 0.281. The average Bonchev–Trinajstić information content (AvgIpc) is 3.20. The van der Waals surface area contributed by atoms with Crippen molar-refractivity contribution < 1.29 is 13.5 Å². The van der Waals surface area contributed by atoms with Gasteiger partial charge in [0.25, 0.3) is 10.0 Å². The van der Waals surface area contributed by atoms with Crippen LogP contribution in [0.2, 0.25) is 10.0 Å². The maximum absolute atomic E-state index is 13.2. The van der Waals surface area contributed by atoms with Crippen LogP contribution in [-0.4, -0.2) is 18.5 Å². The summed E-state index contributed by atoms with van der Waals surface area (Å²) in [6.45, 7) is 1.52. The van der Waals surface area contributed by atoms with Crippen LogP contribution < -0.4 is 10.5 Å². The number of aromatic nitrogens is 1. The van der Waals surface area contributed by atoms with E-state index < -0.39 is 16.6 Å². The van der Waals surface area contributed by atoms with Crippen molar-refractivity contribution in [3.63, 3.8) is 0 Å². The summed E-state index contributed by atoms with van der Waals surface area (Å²) in [6.07, 6.45) is 2.23. The van der Waals surface area contributed by atoms with Gasteiger partial charge in [0, 0.05) is 26.9 Å². The Morgan fingerprint density at radius 3 is 2.69 bits per heavy atom. The molecule has 0 aliphatic rings. The quantitative estimate of drug-likeness (QED) is 0.310. The molecule has 4 rings (SSSR count). The first-order valence-corrected chi connectivity index (χ1v) is 12.7. The van der Waals surface area contributed by atoms with Crippen LogP contribution in [0.25, 0.3) is 21.2 Å². The van der Waals surface area contributed by atoms with Gasteiger partial charge < -0.3 is 10.8 Å². The molecule has 2 aromatic heterocycles. The van der Waals surface area contributed by atoms with E-state index in [0.717, 1.165) is 26.8 Å². The van der Waals surface area contributed by atoms with Gasteiger partial charge in [-0.15, -0.1) is 11.3 Å². The molecule has 4 N–H and O–H groups in total. The molecular formula is C22H19Cl2N3O3S2. The van der Waals surface area contributed by atoms with E-state index in [2.05, 4.69) is 9.71 Å². The van der Waals surface area contributed by atoms with Gasteiger partial charge in [0.05, 0.1) is 17.3 Å². The number of nitrogens with two attached hydrogens (primary N) is 1. The Morgan fingerprint density at radius 2 is 1.97 bits per heavy atom. The highest BCUT2D eigenvalue weighted by Gasteiger charge is 2.23. The lowest BCUT2D eigenvalue weighted by atomic mass is 9.96. The zero-order chi connectivity index (χ0) is 23.0. The van der Waals surface area contributed by atoms with E-state index in [-0.39, 0.29) is 20.5 Å². The second-order valence-electron chi connectivity index (χ2n) is 7.04. The molecule has 4 aromatic rings. The maximum atomic E-state index is 13.2. The molecule has 6 nitrogen and oxygen atoms in total. The molecule has 0 aliphatic heterocycles. The first-order chi connectivity index (χ1) is 15.3. The van der Waals surface area contributed by atoms with Gasteiger partial charge in [-0.05, 0) is 52.8 Å². The molecule has 0 aliphatic carbocycles. The minimum Gasteiger partial charge on any atom is -0.392 e. The van der Waals surface area contributed by atoms with E-state index in [1.165, 1.54) is 12.1 Å². The minimum absolute atomic E-state index is 0.0683. The van der Waals surface area contributed by atoms with Crippen LogP contribution in [0.3, 0.4) is 0 Å². The van der Waals surface area contributed by atoms with Gasteiger partial charge in [-0.25, -0.2) is 13.4 Å². The smallest absolute Gasteiger partial charge is 0.263 e. The van der Waals surface area contributed by atoms with Crippen LogP contribution in [0.5, 0.6) is 0 Å². The van der Waals surface area contributed by atoms with Gasteiger partial charge in [0.1, 0.15) is 10.7 Å². The number of aliphatic hydroxyl groups excluding tert-OH is 1. The fourth-order valence-electron chi connectivity index (χ4n) is 3.65. The number of hydrogen-bond donors (Lipinski definition) is 3. The topological polar surface area (TPSA) is 105 Å². The highest BCUT2D eigenvalue weighted by molar-refractivity contribution is 7.92. The third kappa shape index (κ3) is 4.04. The van der Waals surface area contributed by atoms with Gasteiger partial charge in [0.2, 0.25) is 0 Å². The highest BCUT2D eigenvalue weighted by Crippen LogP contribution is 2.40. The van der Waals surface area contributed by atoms with E-state index in [1.54, 1.807) is 29.7 Å². The normalized spacial score (nSPS) is 11.8. The summed E-state index contributed by atoms with van der Waals surface area (Å²) < 4.78 is 30.1. The Kier molecular flexibility index (Phi) is 6.33. The molecule has 0 bridgehead atoms. The lowest BCUT2D eigenvalue weighted by Gasteiger charge is -2.17. The van der Waals surface area contributed by atoms with E-state index in [1.807, 2.05) is 24.4 Å². The third-order valence-corrected chi connectivity index (χ3v) is 8.23. The van der Waals surface area contributed by atoms with Gasteiger partial charge in [-0.1, -0.05) is 42.3 Å². The zero-order valence-electron chi connectivity index (χ0n) is 16.9. The van der Waals surface area contributed by atoms with Gasteiger partial charge >= 0.3 is 0 Å². The molecule has 10 heteroatoms. The van der Waals surface area contributed by atoms with Crippen LogP contribution in [0, 0.1) is 0 Å². The number of pyridine rings is 1. The summed E-state index contributed by atoms with van der Waals surface area (Å²) in [7, 11) is -4.08. The number of aliphatic hydroxyl groups is 1. The Hall–Kier alpha value is -2.36. The Balaban J connectivity index is 1.84. The molecule has 0 atom stereocenters. The first kappa shape index (κ1) is 22.8. The van der Waals surface area contributed by atoms with Crippen LogP contribution in [0.15, 0.2) is 52.9 Å². The van der Waals surface area contributed by atoms with Gasteiger partial charge in [-0.2, -0.15) is 0 Å². The number of sulfonamides is 1. The molecule has 0 amide bonds. The number of nitrogens with one attached hydrogen (secondary N) is 1. The Morgan fingerprint density at radius 1 is 1.19 bits per heavy atom. The van der Waals surface area contributed by atoms with Gasteiger partial charge in [0.15, 0.2) is 0 Å². The van der Waals surface area contributed by atoms with Crippen LogP contribution in [0.4, 0.5) is 11.5 Å². The summed E-state index contributed by atoms with van der Waals surface area (Å²) in [5.41, 5.74) is 9.37. The molecule has 0 fully saturated rings. The Labute approximate surface area is 199 Å². The van der Waals surface area contributed by atoms with E-state index >= 15 is 0 Å². The minimum atomic E-state index is -4.08.